The van der Waals surface area contributed by atoms with E-state index < -0.39 is 0 Å². The van der Waals surface area contributed by atoms with E-state index >= 15 is 0 Å². The summed E-state index contributed by atoms with van der Waals surface area (Å²) in [7, 11) is 5.54. The highest BCUT2D eigenvalue weighted by Gasteiger charge is 2.22. The van der Waals surface area contributed by atoms with Gasteiger partial charge < -0.3 is 9.30 Å². The van der Waals surface area contributed by atoms with Gasteiger partial charge in [0, 0.05) is 5.75 Å². The summed E-state index contributed by atoms with van der Waals surface area (Å²) in [6, 6.07) is 18.1. The van der Waals surface area contributed by atoms with E-state index in [4.69, 9.17) is 4.74 Å². The summed E-state index contributed by atoms with van der Waals surface area (Å²) >= 11 is 1.65. The minimum absolute atomic E-state index is 0.204. The highest BCUT2D eigenvalue weighted by Crippen LogP contribution is 2.28. The number of hydrogen-bond acceptors (Lipinski definition) is 6. The van der Waals surface area contributed by atoms with Crippen molar-refractivity contribution in [1.29, 1.82) is 0 Å². The number of carbonyl (C=O) groups is 1. The minimum Gasteiger partial charge on any atom is -0.465 e. The number of carbonyl (C=O) groups excluding carboxylic acids is 1. The van der Waals surface area contributed by atoms with Gasteiger partial charge in [0.25, 0.3) is 0 Å². The van der Waals surface area contributed by atoms with Gasteiger partial charge in [0.2, 0.25) is 0 Å². The molecule has 3 rings (SSSR count). The Labute approximate surface area is 182 Å². The Kier molecular flexibility index (Phi) is 7.65. The van der Waals surface area contributed by atoms with Crippen LogP contribution in [-0.2, 0) is 17.0 Å². The SMILES string of the molecule is CC[C@@H](c1nnc(SCc2ccc(C(=O)OC)cc2)n1Cc1ccccc1)N(C)C. The maximum absolute atomic E-state index is 11.6. The Balaban J connectivity index is 1.83. The number of nitrogens with zero attached hydrogens (tertiary/aromatic N) is 4. The van der Waals surface area contributed by atoms with Crippen LogP contribution in [-0.4, -0.2) is 46.8 Å². The van der Waals surface area contributed by atoms with Gasteiger partial charge in [-0.25, -0.2) is 4.79 Å². The zero-order valence-corrected chi connectivity index (χ0v) is 18.7. The summed E-state index contributed by atoms with van der Waals surface area (Å²) in [5, 5.41) is 9.96. The lowest BCUT2D eigenvalue weighted by atomic mass is 10.1. The third kappa shape index (κ3) is 5.29. The van der Waals surface area contributed by atoms with Crippen LogP contribution in [0.25, 0.3) is 0 Å². The molecule has 1 aromatic heterocycles. The fourth-order valence-corrected chi connectivity index (χ4v) is 4.25. The van der Waals surface area contributed by atoms with Crippen LogP contribution in [0.3, 0.4) is 0 Å². The predicted octanol–water partition coefficient (Wildman–Crippen LogP) is 4.42. The summed E-state index contributed by atoms with van der Waals surface area (Å²) in [6.07, 6.45) is 0.958. The molecule has 0 aliphatic heterocycles. The second-order valence-electron chi connectivity index (χ2n) is 7.28. The van der Waals surface area contributed by atoms with Gasteiger partial charge in [-0.15, -0.1) is 10.2 Å². The number of benzene rings is 2. The third-order valence-corrected chi connectivity index (χ3v) is 6.02. The topological polar surface area (TPSA) is 60.2 Å². The van der Waals surface area contributed by atoms with E-state index in [1.807, 2.05) is 18.2 Å². The minimum atomic E-state index is -0.323. The van der Waals surface area contributed by atoms with Gasteiger partial charge in [0.05, 0.1) is 25.3 Å². The summed E-state index contributed by atoms with van der Waals surface area (Å²) in [5.74, 6) is 1.40. The first-order chi connectivity index (χ1) is 14.5. The maximum Gasteiger partial charge on any atom is 0.337 e. The standard InChI is InChI=1S/C23H28N4O2S/c1-5-20(26(2)3)21-24-25-23(27(21)15-17-9-7-6-8-10-17)30-16-18-11-13-19(14-12-18)22(28)29-4/h6-14,20H,5,15-16H2,1-4H3/t20-/m0/s1. The number of thioether (sulfide) groups is 1. The van der Waals surface area contributed by atoms with E-state index in [0.29, 0.717) is 5.56 Å². The molecule has 1 heterocycles. The number of esters is 1. The van der Waals surface area contributed by atoms with Crippen molar-refractivity contribution in [2.45, 2.75) is 36.8 Å². The Hall–Kier alpha value is -2.64. The van der Waals surface area contributed by atoms with E-state index in [-0.39, 0.29) is 12.0 Å². The zero-order chi connectivity index (χ0) is 21.5. The van der Waals surface area contributed by atoms with Gasteiger partial charge in [-0.05, 0) is 43.8 Å². The molecule has 0 aliphatic rings. The van der Waals surface area contributed by atoms with E-state index in [0.717, 1.165) is 35.3 Å². The zero-order valence-electron chi connectivity index (χ0n) is 17.9. The van der Waals surface area contributed by atoms with E-state index in [2.05, 4.69) is 64.9 Å². The molecule has 0 spiro atoms. The molecule has 0 bridgehead atoms. The molecule has 2 aromatic carbocycles. The van der Waals surface area contributed by atoms with Crippen LogP contribution in [0.5, 0.6) is 0 Å². The molecule has 1 atom stereocenters. The van der Waals surface area contributed by atoms with E-state index in [1.165, 1.54) is 12.7 Å². The lowest BCUT2D eigenvalue weighted by Gasteiger charge is -2.23. The molecule has 3 aromatic rings. The second kappa shape index (κ2) is 10.4. The molecule has 0 amide bonds. The van der Waals surface area contributed by atoms with Crippen LogP contribution in [0, 0.1) is 0 Å². The highest BCUT2D eigenvalue weighted by molar-refractivity contribution is 7.98. The molecule has 0 fully saturated rings. The molecule has 158 valence electrons. The normalized spacial score (nSPS) is 12.2. The Bertz CT molecular complexity index is 955. The van der Waals surface area contributed by atoms with Gasteiger partial charge in [0.1, 0.15) is 0 Å². The highest BCUT2D eigenvalue weighted by atomic mass is 32.2. The lowest BCUT2D eigenvalue weighted by Crippen LogP contribution is -2.23. The van der Waals surface area contributed by atoms with Crippen molar-refractivity contribution in [3.8, 4) is 0 Å². The molecule has 6 nitrogen and oxygen atoms in total. The Morgan fingerprint density at radius 1 is 1.07 bits per heavy atom. The summed E-state index contributed by atoms with van der Waals surface area (Å²) in [6.45, 7) is 2.90. The van der Waals surface area contributed by atoms with Gasteiger partial charge in [-0.1, -0.05) is 61.2 Å². The van der Waals surface area contributed by atoms with Crippen molar-refractivity contribution in [2.24, 2.45) is 0 Å². The van der Waals surface area contributed by atoms with E-state index in [1.54, 1.807) is 23.9 Å². The van der Waals surface area contributed by atoms with Crippen LogP contribution in [0.2, 0.25) is 0 Å². The van der Waals surface area contributed by atoms with Gasteiger partial charge in [-0.3, -0.25) is 4.90 Å². The van der Waals surface area contributed by atoms with Crippen LogP contribution >= 0.6 is 11.8 Å². The second-order valence-corrected chi connectivity index (χ2v) is 8.22. The van der Waals surface area contributed by atoms with Crippen molar-refractivity contribution < 1.29 is 9.53 Å². The third-order valence-electron chi connectivity index (χ3n) is 4.98. The smallest absolute Gasteiger partial charge is 0.337 e. The maximum atomic E-state index is 11.6. The first-order valence-electron chi connectivity index (χ1n) is 9.97. The Morgan fingerprint density at radius 2 is 1.77 bits per heavy atom. The average Bonchev–Trinajstić information content (AvgIpc) is 3.15. The lowest BCUT2D eigenvalue weighted by molar-refractivity contribution is 0.0600. The summed E-state index contributed by atoms with van der Waals surface area (Å²) in [4.78, 5) is 13.8. The molecule has 0 saturated heterocycles. The molecule has 30 heavy (non-hydrogen) atoms. The molecule has 0 aliphatic carbocycles. The number of hydrogen-bond donors (Lipinski definition) is 0. The first-order valence-corrected chi connectivity index (χ1v) is 11.0. The van der Waals surface area contributed by atoms with Gasteiger partial charge in [0.15, 0.2) is 11.0 Å². The van der Waals surface area contributed by atoms with E-state index in [9.17, 15) is 4.79 Å². The molecular formula is C23H28N4O2S. The molecule has 0 saturated carbocycles. The largest absolute Gasteiger partial charge is 0.465 e. The van der Waals surface area contributed by atoms with Gasteiger partial charge in [-0.2, -0.15) is 0 Å². The predicted molar refractivity (Wildman–Crippen MR) is 120 cm³/mol. The van der Waals surface area contributed by atoms with Crippen molar-refractivity contribution >= 4 is 17.7 Å². The van der Waals surface area contributed by atoms with Crippen molar-refractivity contribution in [1.82, 2.24) is 19.7 Å². The van der Waals surface area contributed by atoms with Gasteiger partial charge >= 0.3 is 5.97 Å². The van der Waals surface area contributed by atoms with Crippen LogP contribution < -0.4 is 0 Å². The Morgan fingerprint density at radius 3 is 2.37 bits per heavy atom. The molecule has 7 heteroatoms. The first kappa shape index (κ1) is 22.1. The number of ether oxygens (including phenoxy) is 1. The molecule has 0 N–H and O–H groups in total. The fourth-order valence-electron chi connectivity index (χ4n) is 3.35. The number of aromatic nitrogens is 3. The van der Waals surface area contributed by atoms with Crippen molar-refractivity contribution in [2.75, 3.05) is 21.2 Å². The summed E-state index contributed by atoms with van der Waals surface area (Å²) < 4.78 is 6.98. The van der Waals surface area contributed by atoms with Crippen molar-refractivity contribution in [3.63, 3.8) is 0 Å². The number of rotatable bonds is 9. The van der Waals surface area contributed by atoms with Crippen LogP contribution in [0.15, 0.2) is 59.8 Å². The summed E-state index contributed by atoms with van der Waals surface area (Å²) in [5.41, 5.74) is 2.89. The average molecular weight is 425 g/mol. The monoisotopic (exact) mass is 424 g/mol. The van der Waals surface area contributed by atoms with Crippen LogP contribution in [0.4, 0.5) is 0 Å². The number of methoxy groups -OCH3 is 1. The van der Waals surface area contributed by atoms with Crippen molar-refractivity contribution in [3.05, 3.63) is 77.1 Å². The molecular weight excluding hydrogens is 396 g/mol. The fraction of sp³-hybridized carbons (Fsp3) is 0.348. The van der Waals surface area contributed by atoms with Crippen LogP contribution in [0.1, 0.15) is 46.7 Å². The molecule has 0 unspecified atom stereocenters. The molecule has 0 radical (unpaired) electrons. The quantitative estimate of drug-likeness (QED) is 0.374.